The van der Waals surface area contributed by atoms with Crippen molar-refractivity contribution in [2.75, 3.05) is 25.7 Å². The normalized spacial score (nSPS) is 13.1. The van der Waals surface area contributed by atoms with E-state index in [0.29, 0.717) is 17.9 Å². The van der Waals surface area contributed by atoms with Gasteiger partial charge in [0.1, 0.15) is 11.4 Å². The summed E-state index contributed by atoms with van der Waals surface area (Å²) in [6.07, 6.45) is 0.830. The van der Waals surface area contributed by atoms with E-state index in [1.54, 1.807) is 18.2 Å². The van der Waals surface area contributed by atoms with Crippen molar-refractivity contribution in [2.45, 2.75) is 13.0 Å². The molecule has 0 bridgehead atoms. The maximum Gasteiger partial charge on any atom is 0.343 e. The van der Waals surface area contributed by atoms with Gasteiger partial charge < -0.3 is 20.1 Å². The van der Waals surface area contributed by atoms with Crippen LogP contribution in [0.5, 0.6) is 5.88 Å². The lowest BCUT2D eigenvalue weighted by Gasteiger charge is -2.30. The summed E-state index contributed by atoms with van der Waals surface area (Å²) in [5.41, 5.74) is 8.37. The lowest BCUT2D eigenvalue weighted by Crippen LogP contribution is -2.31. The number of carbonyl (C=O) groups excluding carboxylic acids is 2. The van der Waals surface area contributed by atoms with Gasteiger partial charge in [0, 0.05) is 18.7 Å². The Morgan fingerprint density at radius 3 is 2.64 bits per heavy atom. The number of anilines is 1. The second kappa shape index (κ2) is 6.80. The molecule has 0 saturated heterocycles. The molecule has 7 nitrogen and oxygen atoms in total. The Labute approximate surface area is 145 Å². The number of hydrogen-bond acceptors (Lipinski definition) is 6. The van der Waals surface area contributed by atoms with Gasteiger partial charge in [-0.1, -0.05) is 6.07 Å². The number of methoxy groups -OCH3 is 2. The Balaban J connectivity index is 1.90. The average Bonchev–Trinajstić information content (AvgIpc) is 2.65. The van der Waals surface area contributed by atoms with Crippen molar-refractivity contribution in [3.63, 3.8) is 0 Å². The van der Waals surface area contributed by atoms with Crippen LogP contribution in [0, 0.1) is 0 Å². The van der Waals surface area contributed by atoms with Crippen LogP contribution in [0.25, 0.3) is 0 Å². The van der Waals surface area contributed by atoms with E-state index in [0.717, 1.165) is 18.5 Å². The predicted molar refractivity (Wildman–Crippen MR) is 91.8 cm³/mol. The van der Waals surface area contributed by atoms with Crippen LogP contribution in [-0.4, -0.2) is 37.6 Å². The third-order valence-corrected chi connectivity index (χ3v) is 4.27. The largest absolute Gasteiger partial charge is 0.480 e. The van der Waals surface area contributed by atoms with E-state index in [-0.39, 0.29) is 11.4 Å². The van der Waals surface area contributed by atoms with E-state index in [1.165, 1.54) is 19.8 Å². The number of ether oxygens (including phenoxy) is 2. The Kier molecular flexibility index (Phi) is 4.56. The minimum atomic E-state index is -0.494. The Morgan fingerprint density at radius 1 is 1.16 bits per heavy atom. The Hall–Kier alpha value is -3.09. The SMILES string of the molecule is COC(=O)c1ccc(N2CCc3ccc(C(N)=O)cc3C2)nc1OC. The van der Waals surface area contributed by atoms with Crippen molar-refractivity contribution in [1.82, 2.24) is 4.98 Å². The zero-order chi connectivity index (χ0) is 18.0. The highest BCUT2D eigenvalue weighted by Gasteiger charge is 2.21. The fourth-order valence-electron chi connectivity index (χ4n) is 2.93. The standard InChI is InChI=1S/C18H19N3O4/c1-24-17-14(18(23)25-2)5-6-15(20-17)21-8-7-11-3-4-12(16(19)22)9-13(11)10-21/h3-6,9H,7-8,10H2,1-2H3,(H2,19,22). The summed E-state index contributed by atoms with van der Waals surface area (Å²) < 4.78 is 9.95. The zero-order valence-electron chi connectivity index (χ0n) is 14.1. The number of hydrogen-bond donors (Lipinski definition) is 1. The van der Waals surface area contributed by atoms with E-state index in [4.69, 9.17) is 15.2 Å². The van der Waals surface area contributed by atoms with Crippen LogP contribution in [0.3, 0.4) is 0 Å². The molecule has 0 aliphatic carbocycles. The number of primary amides is 1. The molecule has 0 unspecified atom stereocenters. The molecule has 0 radical (unpaired) electrons. The number of carbonyl (C=O) groups is 2. The molecule has 0 atom stereocenters. The molecule has 2 N–H and O–H groups in total. The van der Waals surface area contributed by atoms with E-state index in [9.17, 15) is 9.59 Å². The van der Waals surface area contributed by atoms with Gasteiger partial charge in [-0.05, 0) is 41.8 Å². The molecular formula is C18H19N3O4. The van der Waals surface area contributed by atoms with Crippen molar-refractivity contribution in [3.05, 3.63) is 52.6 Å². The number of fused-ring (bicyclic) bond motifs is 1. The van der Waals surface area contributed by atoms with Crippen molar-refractivity contribution < 1.29 is 19.1 Å². The van der Waals surface area contributed by atoms with Crippen molar-refractivity contribution in [3.8, 4) is 5.88 Å². The average molecular weight is 341 g/mol. The molecule has 25 heavy (non-hydrogen) atoms. The van der Waals surface area contributed by atoms with Crippen LogP contribution < -0.4 is 15.4 Å². The monoisotopic (exact) mass is 341 g/mol. The highest BCUT2D eigenvalue weighted by atomic mass is 16.5. The number of nitrogens with two attached hydrogens (primary N) is 1. The lowest BCUT2D eigenvalue weighted by atomic mass is 9.97. The van der Waals surface area contributed by atoms with Crippen LogP contribution >= 0.6 is 0 Å². The second-order valence-corrected chi connectivity index (χ2v) is 5.74. The van der Waals surface area contributed by atoms with Crippen LogP contribution in [0.1, 0.15) is 31.8 Å². The molecule has 0 spiro atoms. The van der Waals surface area contributed by atoms with Gasteiger partial charge in [0.25, 0.3) is 0 Å². The molecule has 2 aromatic rings. The van der Waals surface area contributed by atoms with Gasteiger partial charge in [-0.3, -0.25) is 4.79 Å². The summed E-state index contributed by atoms with van der Waals surface area (Å²) in [5, 5.41) is 0. The van der Waals surface area contributed by atoms with E-state index in [2.05, 4.69) is 9.88 Å². The van der Waals surface area contributed by atoms with Crippen molar-refractivity contribution >= 4 is 17.7 Å². The molecule has 1 aliphatic heterocycles. The first-order valence-electron chi connectivity index (χ1n) is 7.83. The molecule has 130 valence electrons. The van der Waals surface area contributed by atoms with E-state index in [1.807, 2.05) is 12.1 Å². The van der Waals surface area contributed by atoms with E-state index >= 15 is 0 Å². The van der Waals surface area contributed by atoms with Gasteiger partial charge in [-0.2, -0.15) is 4.98 Å². The van der Waals surface area contributed by atoms with Crippen LogP contribution in [-0.2, 0) is 17.7 Å². The number of nitrogens with zero attached hydrogens (tertiary/aromatic N) is 2. The first-order valence-corrected chi connectivity index (χ1v) is 7.83. The Bertz CT molecular complexity index is 835. The topological polar surface area (TPSA) is 94.8 Å². The first kappa shape index (κ1) is 16.8. The summed E-state index contributed by atoms with van der Waals surface area (Å²) in [4.78, 5) is 29.6. The highest BCUT2D eigenvalue weighted by molar-refractivity contribution is 5.93. The highest BCUT2D eigenvalue weighted by Crippen LogP contribution is 2.27. The number of aromatic nitrogens is 1. The van der Waals surface area contributed by atoms with Gasteiger partial charge in [0.05, 0.1) is 14.2 Å². The number of pyridine rings is 1. The molecule has 1 aromatic carbocycles. The predicted octanol–water partition coefficient (Wildman–Crippen LogP) is 1.54. The van der Waals surface area contributed by atoms with Gasteiger partial charge in [-0.15, -0.1) is 0 Å². The molecule has 0 fully saturated rings. The number of esters is 1. The van der Waals surface area contributed by atoms with Gasteiger partial charge >= 0.3 is 5.97 Å². The smallest absolute Gasteiger partial charge is 0.343 e. The molecule has 7 heteroatoms. The molecule has 1 amide bonds. The quantitative estimate of drug-likeness (QED) is 0.848. The van der Waals surface area contributed by atoms with E-state index < -0.39 is 11.9 Å². The molecule has 3 rings (SSSR count). The Morgan fingerprint density at radius 2 is 1.96 bits per heavy atom. The van der Waals surface area contributed by atoms with Gasteiger partial charge in [0.15, 0.2) is 0 Å². The van der Waals surface area contributed by atoms with Crippen molar-refractivity contribution in [1.29, 1.82) is 0 Å². The zero-order valence-corrected chi connectivity index (χ0v) is 14.1. The summed E-state index contributed by atoms with van der Waals surface area (Å²) in [5.74, 6) is -0.0196. The first-order chi connectivity index (χ1) is 12.0. The summed E-state index contributed by atoms with van der Waals surface area (Å²) in [6, 6.07) is 8.92. The fraction of sp³-hybridized carbons (Fsp3) is 0.278. The number of amides is 1. The number of benzene rings is 1. The summed E-state index contributed by atoms with van der Waals surface area (Å²) in [6.45, 7) is 1.38. The van der Waals surface area contributed by atoms with Crippen molar-refractivity contribution in [2.24, 2.45) is 5.73 Å². The van der Waals surface area contributed by atoms with Gasteiger partial charge in [-0.25, -0.2) is 4.79 Å². The maximum atomic E-state index is 11.7. The van der Waals surface area contributed by atoms with Crippen LogP contribution in [0.15, 0.2) is 30.3 Å². The fourth-order valence-corrected chi connectivity index (χ4v) is 2.93. The molecule has 1 aromatic heterocycles. The minimum absolute atomic E-state index is 0.223. The summed E-state index contributed by atoms with van der Waals surface area (Å²) >= 11 is 0. The van der Waals surface area contributed by atoms with Crippen LogP contribution in [0.2, 0.25) is 0 Å². The van der Waals surface area contributed by atoms with Crippen LogP contribution in [0.4, 0.5) is 5.82 Å². The molecule has 0 saturated carbocycles. The number of rotatable bonds is 4. The minimum Gasteiger partial charge on any atom is -0.480 e. The molecule has 1 aliphatic rings. The third-order valence-electron chi connectivity index (χ3n) is 4.27. The molecule has 2 heterocycles. The van der Waals surface area contributed by atoms with Gasteiger partial charge in [0.2, 0.25) is 11.8 Å². The molecular weight excluding hydrogens is 322 g/mol. The second-order valence-electron chi connectivity index (χ2n) is 5.74. The third kappa shape index (κ3) is 3.26. The summed E-state index contributed by atoms with van der Waals surface area (Å²) in [7, 11) is 2.77. The maximum absolute atomic E-state index is 11.7. The lowest BCUT2D eigenvalue weighted by molar-refractivity contribution is 0.0596.